The summed E-state index contributed by atoms with van der Waals surface area (Å²) in [7, 11) is -2.60. The predicted octanol–water partition coefficient (Wildman–Crippen LogP) is 1.64. The quantitative estimate of drug-likeness (QED) is 0.458. The first-order valence-corrected chi connectivity index (χ1v) is 7.44. The topological polar surface area (TPSA) is 119 Å². The maximum absolute atomic E-state index is 11.5. The van der Waals surface area contributed by atoms with Crippen LogP contribution in [0.2, 0.25) is 0 Å². The van der Waals surface area contributed by atoms with E-state index in [2.05, 4.69) is 4.52 Å². The second-order valence-corrected chi connectivity index (χ2v) is 4.22. The number of carbonyl (C=O) groups excluding carboxylic acids is 2. The van der Waals surface area contributed by atoms with Crippen molar-refractivity contribution < 1.29 is 38.2 Å². The van der Waals surface area contributed by atoms with Crippen molar-refractivity contribution in [3.8, 4) is 0 Å². The van der Waals surface area contributed by atoms with Crippen molar-refractivity contribution in [1.29, 1.82) is 0 Å². The summed E-state index contributed by atoms with van der Waals surface area (Å²) in [5.74, 6) is -1.02. The van der Waals surface area contributed by atoms with Crippen molar-refractivity contribution in [2.75, 3.05) is 20.0 Å². The van der Waals surface area contributed by atoms with Crippen molar-refractivity contribution in [1.82, 2.24) is 0 Å². The van der Waals surface area contributed by atoms with Crippen LogP contribution < -0.4 is 0 Å². The second kappa shape index (κ2) is 11.8. The molecule has 0 radical (unpaired) electrons. The van der Waals surface area contributed by atoms with Crippen molar-refractivity contribution in [3.05, 3.63) is 35.4 Å². The molecule has 0 saturated heterocycles. The van der Waals surface area contributed by atoms with E-state index in [4.69, 9.17) is 19.5 Å². The maximum Gasteiger partial charge on any atom is 0.697 e. The highest BCUT2D eigenvalue weighted by Gasteiger charge is 2.17. The summed E-state index contributed by atoms with van der Waals surface area (Å²) in [5, 5.41) is 7.67. The Balaban J connectivity index is 0.000000626. The van der Waals surface area contributed by atoms with Gasteiger partial charge in [-0.05, 0) is 26.0 Å². The van der Waals surface area contributed by atoms with E-state index in [0.29, 0.717) is 0 Å². The van der Waals surface area contributed by atoms with Crippen LogP contribution in [0.25, 0.3) is 0 Å². The molecule has 0 aliphatic carbocycles. The molecule has 0 aliphatic rings. The Morgan fingerprint density at radius 2 is 1.45 bits per heavy atom. The fraction of sp³-hybridized carbons (Fsp3) is 0.385. The van der Waals surface area contributed by atoms with Crippen LogP contribution in [-0.2, 0) is 18.6 Å². The van der Waals surface area contributed by atoms with E-state index in [9.17, 15) is 14.2 Å². The Kier molecular flexibility index (Phi) is 10.8. The van der Waals surface area contributed by atoms with E-state index in [1.165, 1.54) is 0 Å². The fourth-order valence-electron chi connectivity index (χ4n) is 1.31. The molecule has 2 N–H and O–H groups in total. The van der Waals surface area contributed by atoms with Gasteiger partial charge in [0.2, 0.25) is 6.79 Å². The largest absolute Gasteiger partial charge is 0.697 e. The van der Waals surface area contributed by atoms with E-state index in [-0.39, 0.29) is 24.3 Å². The average molecular weight is 333 g/mol. The number of hydrogen-bond acceptors (Lipinski definition) is 7. The molecule has 1 unspecified atom stereocenters. The first kappa shape index (κ1) is 20.1. The number of aliphatic hydroxyl groups is 1. The van der Waals surface area contributed by atoms with Gasteiger partial charge in [0.15, 0.2) is 0 Å². The average Bonchev–Trinajstić information content (AvgIpc) is 2.48. The molecule has 0 fully saturated rings. The van der Waals surface area contributed by atoms with Crippen LogP contribution in [0.1, 0.15) is 34.6 Å². The van der Waals surface area contributed by atoms with Crippen LogP contribution >= 0.6 is 8.25 Å². The van der Waals surface area contributed by atoms with Gasteiger partial charge in [0, 0.05) is 4.57 Å². The number of aliphatic hydroxyl groups excluding tert-OH is 1. The van der Waals surface area contributed by atoms with E-state index in [1.807, 2.05) is 0 Å². The second-order valence-electron chi connectivity index (χ2n) is 3.48. The molecule has 0 spiro atoms. The minimum Gasteiger partial charge on any atom is -0.462 e. The lowest BCUT2D eigenvalue weighted by Crippen LogP contribution is -2.13. The molecular weight excluding hydrogens is 315 g/mol. The van der Waals surface area contributed by atoms with Gasteiger partial charge < -0.3 is 14.6 Å². The molecule has 8 nitrogen and oxygen atoms in total. The molecule has 0 saturated carbocycles. The zero-order valence-corrected chi connectivity index (χ0v) is 13.1. The number of ether oxygens (including phenoxy) is 2. The smallest absolute Gasteiger partial charge is 0.462 e. The summed E-state index contributed by atoms with van der Waals surface area (Å²) in [6.45, 7) is 3.27. The third kappa shape index (κ3) is 7.80. The van der Waals surface area contributed by atoms with Crippen LogP contribution in [0.3, 0.4) is 0 Å². The maximum atomic E-state index is 11.5. The highest BCUT2D eigenvalue weighted by Crippen LogP contribution is 2.12. The zero-order valence-electron chi connectivity index (χ0n) is 12.2. The Labute approximate surface area is 128 Å². The molecule has 0 heterocycles. The number of hydrogen-bond donors (Lipinski definition) is 2. The summed E-state index contributed by atoms with van der Waals surface area (Å²) in [6, 6.07) is 6.44. The summed E-state index contributed by atoms with van der Waals surface area (Å²) in [6.07, 6.45) is 0. The summed E-state index contributed by atoms with van der Waals surface area (Å²) in [5.41, 5.74) is 0.477. The molecule has 9 heteroatoms. The van der Waals surface area contributed by atoms with Gasteiger partial charge in [0.1, 0.15) is 0 Å². The highest BCUT2D eigenvalue weighted by atomic mass is 31.1. The van der Waals surface area contributed by atoms with E-state index in [0.717, 1.165) is 0 Å². The number of carbonyl (C=O) groups is 2. The molecular formula is C13H18O8P+. The molecule has 0 aromatic heterocycles. The number of benzene rings is 1. The highest BCUT2D eigenvalue weighted by molar-refractivity contribution is 7.32. The van der Waals surface area contributed by atoms with Gasteiger partial charge in [-0.3, -0.25) is 0 Å². The molecule has 1 rings (SSSR count). The Bertz CT molecular complexity index is 466. The lowest BCUT2D eigenvalue weighted by Gasteiger charge is -2.07. The summed E-state index contributed by atoms with van der Waals surface area (Å²) in [4.78, 5) is 30.8. The number of rotatable bonds is 6. The zero-order chi connectivity index (χ0) is 17.0. The minimum atomic E-state index is -2.60. The number of esters is 2. The standard InChI is InChI=1S/C12H14O4.CH3O4P/c1-3-15-11(13)9-7-5-6-8-10(9)12(14)16-4-2;2-1-5-6(3)4/h5-8H,3-4H2,1-2H3;2H,1H2/p+1. The van der Waals surface area contributed by atoms with Crippen molar-refractivity contribution in [2.45, 2.75) is 13.8 Å². The molecule has 1 atom stereocenters. The molecule has 0 amide bonds. The lowest BCUT2D eigenvalue weighted by atomic mass is 10.1. The Morgan fingerprint density at radius 3 is 1.68 bits per heavy atom. The van der Waals surface area contributed by atoms with E-state index in [1.54, 1.807) is 38.1 Å². The summed E-state index contributed by atoms with van der Waals surface area (Å²) < 4.78 is 22.7. The monoisotopic (exact) mass is 333 g/mol. The van der Waals surface area contributed by atoms with Crippen molar-refractivity contribution in [3.63, 3.8) is 0 Å². The van der Waals surface area contributed by atoms with Crippen molar-refractivity contribution in [2.24, 2.45) is 0 Å². The first-order valence-electron chi connectivity index (χ1n) is 6.31. The van der Waals surface area contributed by atoms with Crippen molar-refractivity contribution >= 4 is 20.2 Å². The normalized spacial score (nSPS) is 10.1. The lowest BCUT2D eigenvalue weighted by molar-refractivity contribution is 0.0479. The minimum absolute atomic E-state index is 0.239. The van der Waals surface area contributed by atoms with Crippen LogP contribution in [0, 0.1) is 0 Å². The van der Waals surface area contributed by atoms with Crippen LogP contribution in [0.5, 0.6) is 0 Å². The van der Waals surface area contributed by atoms with Gasteiger partial charge in [-0.1, -0.05) is 16.7 Å². The van der Waals surface area contributed by atoms with Crippen LogP contribution in [-0.4, -0.2) is 41.9 Å². The van der Waals surface area contributed by atoms with Crippen LogP contribution in [0.15, 0.2) is 24.3 Å². The third-order valence-corrected chi connectivity index (χ3v) is 2.42. The molecule has 0 aliphatic heterocycles. The van der Waals surface area contributed by atoms with Gasteiger partial charge in [-0.2, -0.15) is 0 Å². The first-order chi connectivity index (χ1) is 10.5. The third-order valence-electron chi connectivity index (χ3n) is 2.09. The summed E-state index contributed by atoms with van der Waals surface area (Å²) >= 11 is 0. The molecule has 122 valence electrons. The molecule has 1 aromatic rings. The van der Waals surface area contributed by atoms with Gasteiger partial charge in [0.05, 0.1) is 24.3 Å². The van der Waals surface area contributed by atoms with Gasteiger partial charge >= 0.3 is 20.2 Å². The van der Waals surface area contributed by atoms with Gasteiger partial charge in [-0.25, -0.2) is 9.59 Å². The van der Waals surface area contributed by atoms with E-state index >= 15 is 0 Å². The Hall–Kier alpha value is -1.86. The van der Waals surface area contributed by atoms with Gasteiger partial charge in [0.25, 0.3) is 0 Å². The molecule has 22 heavy (non-hydrogen) atoms. The van der Waals surface area contributed by atoms with E-state index < -0.39 is 27.0 Å². The fourth-order valence-corrected chi connectivity index (χ4v) is 1.40. The predicted molar refractivity (Wildman–Crippen MR) is 76.4 cm³/mol. The SMILES string of the molecule is CCOC(=O)c1ccccc1C(=O)OCC.O=[P+](O)OCO. The molecule has 1 aromatic carbocycles. The Morgan fingerprint density at radius 1 is 1.05 bits per heavy atom. The molecule has 0 bridgehead atoms. The van der Waals surface area contributed by atoms with Gasteiger partial charge in [-0.15, -0.1) is 4.89 Å². The van der Waals surface area contributed by atoms with Crippen LogP contribution in [0.4, 0.5) is 0 Å².